The zero-order valence-electron chi connectivity index (χ0n) is 14.8. The van der Waals surface area contributed by atoms with Crippen LogP contribution in [0.25, 0.3) is 0 Å². The van der Waals surface area contributed by atoms with Crippen LogP contribution in [0.2, 0.25) is 0 Å². The van der Waals surface area contributed by atoms with E-state index in [1.807, 2.05) is 12.3 Å². The minimum absolute atomic E-state index is 0. The van der Waals surface area contributed by atoms with Crippen molar-refractivity contribution in [2.75, 3.05) is 20.2 Å². The average Bonchev–Trinajstić information content (AvgIpc) is 3.01. The molecule has 0 amide bonds. The lowest BCUT2D eigenvalue weighted by atomic mass is 10.2. The van der Waals surface area contributed by atoms with Crippen LogP contribution in [0.4, 0.5) is 13.2 Å². The number of nitrogens with one attached hydrogen (secondary N) is 2. The van der Waals surface area contributed by atoms with Crippen LogP contribution >= 0.6 is 35.3 Å². The Labute approximate surface area is 176 Å². The van der Waals surface area contributed by atoms with Gasteiger partial charge in [-0.1, -0.05) is 6.07 Å². The molecule has 0 radical (unpaired) electrons. The van der Waals surface area contributed by atoms with Gasteiger partial charge in [-0.25, -0.2) is 9.97 Å². The third kappa shape index (κ3) is 8.73. The first-order valence-electron chi connectivity index (χ1n) is 7.86. The lowest BCUT2D eigenvalue weighted by Crippen LogP contribution is -2.38. The second-order valence-electron chi connectivity index (χ2n) is 5.33. The number of alkyl halides is 3. The molecular formula is C16H21F3IN5OS. The highest BCUT2D eigenvalue weighted by Gasteiger charge is 2.29. The normalized spacial score (nSPS) is 11.7. The van der Waals surface area contributed by atoms with Crippen molar-refractivity contribution in [3.8, 4) is 5.88 Å². The smallest absolute Gasteiger partial charge is 0.422 e. The Balaban J connectivity index is 0.00000364. The number of aromatic nitrogens is 2. The van der Waals surface area contributed by atoms with E-state index in [1.54, 1.807) is 30.5 Å². The Morgan fingerprint density at radius 1 is 1.33 bits per heavy atom. The van der Waals surface area contributed by atoms with E-state index < -0.39 is 12.8 Å². The third-order valence-corrected chi connectivity index (χ3v) is 4.05. The van der Waals surface area contributed by atoms with Crippen LogP contribution in [-0.4, -0.2) is 42.3 Å². The van der Waals surface area contributed by atoms with Crippen LogP contribution in [0.5, 0.6) is 5.88 Å². The minimum atomic E-state index is -4.41. The molecule has 2 aromatic heterocycles. The van der Waals surface area contributed by atoms with E-state index >= 15 is 0 Å². The van der Waals surface area contributed by atoms with Gasteiger partial charge in [-0.05, 0) is 13.0 Å². The molecule has 0 aliphatic carbocycles. The fourth-order valence-electron chi connectivity index (χ4n) is 2.07. The molecule has 0 spiro atoms. The van der Waals surface area contributed by atoms with E-state index in [9.17, 15) is 13.2 Å². The van der Waals surface area contributed by atoms with Crippen molar-refractivity contribution in [3.63, 3.8) is 0 Å². The molecule has 0 unspecified atom stereocenters. The Morgan fingerprint density at radius 3 is 2.74 bits per heavy atom. The van der Waals surface area contributed by atoms with Crippen molar-refractivity contribution in [2.45, 2.75) is 26.1 Å². The molecule has 2 heterocycles. The summed E-state index contributed by atoms with van der Waals surface area (Å²) in [5.41, 5.74) is 1.51. The number of pyridine rings is 1. The van der Waals surface area contributed by atoms with Gasteiger partial charge >= 0.3 is 6.18 Å². The molecule has 0 aromatic carbocycles. The maximum absolute atomic E-state index is 12.3. The molecule has 2 rings (SSSR count). The number of thiazole rings is 1. The number of hydrogen-bond acceptors (Lipinski definition) is 5. The number of halogens is 4. The predicted molar refractivity (Wildman–Crippen MR) is 110 cm³/mol. The zero-order chi connectivity index (χ0) is 19.0. The molecule has 0 atom stereocenters. The SMILES string of the molecule is CN=C(NCCc1csc(C)n1)NCc1cccnc1OCC(F)(F)F.I. The molecule has 6 nitrogen and oxygen atoms in total. The predicted octanol–water partition coefficient (Wildman–Crippen LogP) is 3.31. The van der Waals surface area contributed by atoms with Crippen molar-refractivity contribution in [3.05, 3.63) is 40.0 Å². The monoisotopic (exact) mass is 515 g/mol. The molecule has 0 fully saturated rings. The molecule has 27 heavy (non-hydrogen) atoms. The molecule has 2 N–H and O–H groups in total. The molecule has 0 aliphatic heterocycles. The number of ether oxygens (including phenoxy) is 1. The Hall–Kier alpha value is -1.63. The third-order valence-electron chi connectivity index (χ3n) is 3.23. The summed E-state index contributed by atoms with van der Waals surface area (Å²) in [6.45, 7) is 1.44. The van der Waals surface area contributed by atoms with Gasteiger partial charge in [0.05, 0.1) is 10.7 Å². The highest BCUT2D eigenvalue weighted by molar-refractivity contribution is 14.0. The summed E-state index contributed by atoms with van der Waals surface area (Å²) in [5, 5.41) is 9.20. The number of guanidine groups is 1. The van der Waals surface area contributed by atoms with Crippen LogP contribution in [0.1, 0.15) is 16.3 Å². The molecular weight excluding hydrogens is 494 g/mol. The fraction of sp³-hybridized carbons (Fsp3) is 0.438. The van der Waals surface area contributed by atoms with Crippen LogP contribution in [0, 0.1) is 6.92 Å². The van der Waals surface area contributed by atoms with Crippen LogP contribution in [0.3, 0.4) is 0 Å². The van der Waals surface area contributed by atoms with E-state index in [-0.39, 0.29) is 36.4 Å². The van der Waals surface area contributed by atoms with Gasteiger partial charge in [-0.15, -0.1) is 35.3 Å². The number of hydrogen-bond donors (Lipinski definition) is 2. The molecule has 0 aliphatic rings. The topological polar surface area (TPSA) is 71.4 Å². The number of rotatable bonds is 7. The summed E-state index contributed by atoms with van der Waals surface area (Å²) in [7, 11) is 1.62. The maximum atomic E-state index is 12.3. The minimum Gasteiger partial charge on any atom is -0.468 e. The van der Waals surface area contributed by atoms with E-state index in [0.717, 1.165) is 17.1 Å². The number of aliphatic imine (C=N–C) groups is 1. The molecule has 150 valence electrons. The second-order valence-corrected chi connectivity index (χ2v) is 6.39. The van der Waals surface area contributed by atoms with Crippen LogP contribution < -0.4 is 15.4 Å². The highest BCUT2D eigenvalue weighted by atomic mass is 127. The highest BCUT2D eigenvalue weighted by Crippen LogP contribution is 2.19. The molecule has 0 saturated heterocycles. The van der Waals surface area contributed by atoms with Crippen molar-refractivity contribution in [1.29, 1.82) is 0 Å². The van der Waals surface area contributed by atoms with Gasteiger partial charge in [0.15, 0.2) is 12.6 Å². The van der Waals surface area contributed by atoms with E-state index in [0.29, 0.717) is 18.1 Å². The van der Waals surface area contributed by atoms with Gasteiger partial charge in [0.2, 0.25) is 5.88 Å². The summed E-state index contributed by atoms with van der Waals surface area (Å²) in [4.78, 5) is 12.3. The zero-order valence-corrected chi connectivity index (χ0v) is 18.0. The molecule has 0 bridgehead atoms. The van der Waals surface area contributed by atoms with Gasteiger partial charge in [-0.3, -0.25) is 4.99 Å². The Kier molecular flexibility index (Phi) is 9.77. The maximum Gasteiger partial charge on any atom is 0.422 e. The van der Waals surface area contributed by atoms with Crippen molar-refractivity contribution in [1.82, 2.24) is 20.6 Å². The fourth-order valence-corrected chi connectivity index (χ4v) is 2.72. The van der Waals surface area contributed by atoms with Gasteiger partial charge in [-0.2, -0.15) is 13.2 Å². The number of nitrogens with zero attached hydrogens (tertiary/aromatic N) is 3. The quantitative estimate of drug-likeness (QED) is 0.337. The van der Waals surface area contributed by atoms with Gasteiger partial charge < -0.3 is 15.4 Å². The second kappa shape index (κ2) is 11.3. The van der Waals surface area contributed by atoms with Crippen LogP contribution in [0.15, 0.2) is 28.7 Å². The van der Waals surface area contributed by atoms with E-state index in [1.165, 1.54) is 6.20 Å². The van der Waals surface area contributed by atoms with E-state index in [4.69, 9.17) is 4.74 Å². The van der Waals surface area contributed by atoms with Gasteiger partial charge in [0.25, 0.3) is 0 Å². The van der Waals surface area contributed by atoms with E-state index in [2.05, 4.69) is 25.6 Å². The van der Waals surface area contributed by atoms with Crippen molar-refractivity contribution >= 4 is 41.3 Å². The summed E-state index contributed by atoms with van der Waals surface area (Å²) in [6, 6.07) is 3.29. The van der Waals surface area contributed by atoms with Gasteiger partial charge in [0.1, 0.15) is 0 Å². The summed E-state index contributed by atoms with van der Waals surface area (Å²) < 4.78 is 41.7. The standard InChI is InChI=1S/C16H20F3N5OS.HI/c1-11-24-13(9-26-11)5-7-22-15(20-2)23-8-12-4-3-6-21-14(12)25-10-16(17,18)19;/h3-4,6,9H,5,7-8,10H2,1-2H3,(H2,20,22,23);1H. The first kappa shape index (κ1) is 23.4. The summed E-state index contributed by atoms with van der Waals surface area (Å²) in [6.07, 6.45) is -2.27. The largest absolute Gasteiger partial charge is 0.468 e. The first-order valence-corrected chi connectivity index (χ1v) is 8.74. The Morgan fingerprint density at radius 2 is 2.11 bits per heavy atom. The Bertz CT molecular complexity index is 739. The average molecular weight is 515 g/mol. The lowest BCUT2D eigenvalue weighted by Gasteiger charge is -2.14. The van der Waals surface area contributed by atoms with Gasteiger partial charge in [0, 0.05) is 43.7 Å². The summed E-state index contributed by atoms with van der Waals surface area (Å²) >= 11 is 1.60. The molecule has 2 aromatic rings. The van der Waals surface area contributed by atoms with Crippen LogP contribution in [-0.2, 0) is 13.0 Å². The summed E-state index contributed by atoms with van der Waals surface area (Å²) in [5.74, 6) is 0.480. The first-order chi connectivity index (χ1) is 12.4. The van der Waals surface area contributed by atoms with Crippen molar-refractivity contribution < 1.29 is 17.9 Å². The molecule has 0 saturated carbocycles. The number of aryl methyl sites for hydroxylation is 1. The molecule has 11 heteroatoms. The lowest BCUT2D eigenvalue weighted by molar-refractivity contribution is -0.154. The van der Waals surface area contributed by atoms with Crippen molar-refractivity contribution in [2.24, 2.45) is 4.99 Å².